The summed E-state index contributed by atoms with van der Waals surface area (Å²) >= 11 is 0. The molecular formula is C11H24N2O2. The molecule has 0 aliphatic carbocycles. The van der Waals surface area contributed by atoms with Gasteiger partial charge in [0.1, 0.15) is 0 Å². The molecule has 0 bridgehead atoms. The summed E-state index contributed by atoms with van der Waals surface area (Å²) in [5.41, 5.74) is 5.72. The Kier molecular flexibility index (Phi) is 6.52. The maximum atomic E-state index is 11.6. The topological polar surface area (TPSA) is 75.4 Å². The lowest BCUT2D eigenvalue weighted by atomic mass is 10.0. The number of carbonyl (C=O) groups excluding carboxylic acids is 1. The highest BCUT2D eigenvalue weighted by atomic mass is 16.3. The maximum absolute atomic E-state index is 11.6. The number of nitrogens with one attached hydrogen (secondary N) is 1. The Morgan fingerprint density at radius 3 is 2.20 bits per heavy atom. The summed E-state index contributed by atoms with van der Waals surface area (Å²) in [4.78, 5) is 11.6. The van der Waals surface area contributed by atoms with Gasteiger partial charge in [-0.25, -0.2) is 0 Å². The minimum Gasteiger partial charge on any atom is -0.393 e. The van der Waals surface area contributed by atoms with Crippen LogP contribution in [0.1, 0.15) is 40.5 Å². The van der Waals surface area contributed by atoms with Crippen molar-refractivity contribution in [2.24, 2.45) is 11.7 Å². The SMILES string of the molecule is CC(C)CC(N)C(=O)NC(C)CC(C)O. The van der Waals surface area contributed by atoms with Crippen LogP contribution in [-0.2, 0) is 4.79 Å². The molecule has 4 nitrogen and oxygen atoms in total. The normalized spacial score (nSPS) is 17.3. The number of rotatable bonds is 6. The van der Waals surface area contributed by atoms with Crippen molar-refractivity contribution in [2.75, 3.05) is 0 Å². The predicted octanol–water partition coefficient (Wildman–Crippen LogP) is 0.635. The number of amides is 1. The molecule has 3 unspecified atom stereocenters. The van der Waals surface area contributed by atoms with Gasteiger partial charge in [0.25, 0.3) is 0 Å². The monoisotopic (exact) mass is 216 g/mol. The highest BCUT2D eigenvalue weighted by Gasteiger charge is 2.17. The van der Waals surface area contributed by atoms with Gasteiger partial charge < -0.3 is 16.2 Å². The number of hydrogen-bond acceptors (Lipinski definition) is 3. The molecule has 0 aromatic carbocycles. The van der Waals surface area contributed by atoms with Crippen LogP contribution in [0.5, 0.6) is 0 Å². The summed E-state index contributed by atoms with van der Waals surface area (Å²) in [5, 5.41) is 11.9. The van der Waals surface area contributed by atoms with Crippen molar-refractivity contribution < 1.29 is 9.90 Å². The first kappa shape index (κ1) is 14.4. The van der Waals surface area contributed by atoms with E-state index in [1.807, 2.05) is 20.8 Å². The second kappa shape index (κ2) is 6.80. The van der Waals surface area contributed by atoms with Crippen LogP contribution in [0.2, 0.25) is 0 Å². The van der Waals surface area contributed by atoms with E-state index >= 15 is 0 Å². The fourth-order valence-electron chi connectivity index (χ4n) is 1.54. The average Bonchev–Trinajstić information content (AvgIpc) is 2.00. The number of nitrogens with two attached hydrogens (primary N) is 1. The van der Waals surface area contributed by atoms with Gasteiger partial charge in [0, 0.05) is 6.04 Å². The number of hydrogen-bond donors (Lipinski definition) is 3. The van der Waals surface area contributed by atoms with Gasteiger partial charge >= 0.3 is 0 Å². The third kappa shape index (κ3) is 7.33. The van der Waals surface area contributed by atoms with Gasteiger partial charge in [-0.3, -0.25) is 4.79 Å². The van der Waals surface area contributed by atoms with Crippen molar-refractivity contribution in [2.45, 2.75) is 58.7 Å². The molecule has 0 heterocycles. The summed E-state index contributed by atoms with van der Waals surface area (Å²) in [6.45, 7) is 7.64. The van der Waals surface area contributed by atoms with Crippen LogP contribution in [0.4, 0.5) is 0 Å². The Labute approximate surface area is 92.2 Å². The Morgan fingerprint density at radius 1 is 1.27 bits per heavy atom. The van der Waals surface area contributed by atoms with Gasteiger partial charge in [-0.1, -0.05) is 13.8 Å². The maximum Gasteiger partial charge on any atom is 0.237 e. The van der Waals surface area contributed by atoms with Gasteiger partial charge in [-0.15, -0.1) is 0 Å². The van der Waals surface area contributed by atoms with Crippen molar-refractivity contribution in [3.8, 4) is 0 Å². The molecule has 1 amide bonds. The smallest absolute Gasteiger partial charge is 0.237 e. The van der Waals surface area contributed by atoms with E-state index in [0.717, 1.165) is 0 Å². The highest BCUT2D eigenvalue weighted by molar-refractivity contribution is 5.81. The summed E-state index contributed by atoms with van der Waals surface area (Å²) in [6, 6.07) is -0.475. The first-order chi connectivity index (χ1) is 6.82. The molecule has 0 fully saturated rings. The Hall–Kier alpha value is -0.610. The fraction of sp³-hybridized carbons (Fsp3) is 0.909. The van der Waals surface area contributed by atoms with Crippen molar-refractivity contribution in [1.82, 2.24) is 5.32 Å². The third-order valence-corrected chi connectivity index (χ3v) is 2.15. The van der Waals surface area contributed by atoms with E-state index in [2.05, 4.69) is 5.32 Å². The van der Waals surface area contributed by atoms with E-state index in [9.17, 15) is 4.79 Å². The molecule has 0 aromatic heterocycles. The van der Waals surface area contributed by atoms with Crippen LogP contribution in [0.25, 0.3) is 0 Å². The average molecular weight is 216 g/mol. The summed E-state index contributed by atoms with van der Waals surface area (Å²) < 4.78 is 0. The second-order valence-electron chi connectivity index (χ2n) is 4.73. The Bertz CT molecular complexity index is 193. The molecule has 0 aliphatic rings. The predicted molar refractivity (Wildman–Crippen MR) is 61.3 cm³/mol. The van der Waals surface area contributed by atoms with Crippen LogP contribution in [0, 0.1) is 5.92 Å². The molecule has 90 valence electrons. The molecule has 0 spiro atoms. The van der Waals surface area contributed by atoms with Gasteiger partial charge in [0.15, 0.2) is 0 Å². The van der Waals surface area contributed by atoms with Crippen molar-refractivity contribution in [3.63, 3.8) is 0 Å². The molecular weight excluding hydrogens is 192 g/mol. The first-order valence-corrected chi connectivity index (χ1v) is 5.57. The van der Waals surface area contributed by atoms with E-state index in [-0.39, 0.29) is 11.9 Å². The highest BCUT2D eigenvalue weighted by Crippen LogP contribution is 2.03. The van der Waals surface area contributed by atoms with Crippen molar-refractivity contribution >= 4 is 5.91 Å². The molecule has 0 rings (SSSR count). The molecule has 4 N–H and O–H groups in total. The van der Waals surface area contributed by atoms with E-state index in [0.29, 0.717) is 18.8 Å². The quantitative estimate of drug-likeness (QED) is 0.610. The Morgan fingerprint density at radius 2 is 1.80 bits per heavy atom. The molecule has 4 heteroatoms. The third-order valence-electron chi connectivity index (χ3n) is 2.15. The van der Waals surface area contributed by atoms with E-state index in [4.69, 9.17) is 10.8 Å². The van der Waals surface area contributed by atoms with Crippen molar-refractivity contribution in [3.05, 3.63) is 0 Å². The lowest BCUT2D eigenvalue weighted by Crippen LogP contribution is -2.45. The van der Waals surface area contributed by atoms with E-state index < -0.39 is 12.1 Å². The molecule has 0 saturated heterocycles. The first-order valence-electron chi connectivity index (χ1n) is 5.57. The number of aliphatic hydroxyl groups is 1. The van der Waals surface area contributed by atoms with Crippen molar-refractivity contribution in [1.29, 1.82) is 0 Å². The molecule has 0 aromatic rings. The standard InChI is InChI=1S/C11H24N2O2/c1-7(2)5-10(12)11(15)13-8(3)6-9(4)14/h7-10,14H,5-6,12H2,1-4H3,(H,13,15). The van der Waals surface area contributed by atoms with Gasteiger partial charge in [-0.2, -0.15) is 0 Å². The van der Waals surface area contributed by atoms with Gasteiger partial charge in [0.05, 0.1) is 12.1 Å². The minimum atomic E-state index is -0.443. The van der Waals surface area contributed by atoms with E-state index in [1.54, 1.807) is 6.92 Å². The lowest BCUT2D eigenvalue weighted by molar-refractivity contribution is -0.123. The lowest BCUT2D eigenvalue weighted by Gasteiger charge is -2.19. The molecule has 3 atom stereocenters. The summed E-state index contributed by atoms with van der Waals surface area (Å²) in [7, 11) is 0. The largest absolute Gasteiger partial charge is 0.393 e. The second-order valence-corrected chi connectivity index (χ2v) is 4.73. The van der Waals surface area contributed by atoms with Gasteiger partial charge in [-0.05, 0) is 32.6 Å². The summed E-state index contributed by atoms with van der Waals surface area (Å²) in [5.74, 6) is 0.287. The zero-order valence-electron chi connectivity index (χ0n) is 10.2. The van der Waals surface area contributed by atoms with E-state index in [1.165, 1.54) is 0 Å². The number of aliphatic hydroxyl groups excluding tert-OH is 1. The van der Waals surface area contributed by atoms with Crippen LogP contribution in [0.3, 0.4) is 0 Å². The van der Waals surface area contributed by atoms with Crippen LogP contribution >= 0.6 is 0 Å². The molecule has 0 radical (unpaired) electrons. The van der Waals surface area contributed by atoms with Crippen LogP contribution in [-0.4, -0.2) is 29.2 Å². The molecule has 15 heavy (non-hydrogen) atoms. The van der Waals surface area contributed by atoms with Crippen LogP contribution in [0.15, 0.2) is 0 Å². The zero-order valence-corrected chi connectivity index (χ0v) is 10.2. The van der Waals surface area contributed by atoms with Gasteiger partial charge in [0.2, 0.25) is 5.91 Å². The summed E-state index contributed by atoms with van der Waals surface area (Å²) in [6.07, 6.45) is 0.842. The zero-order chi connectivity index (χ0) is 12.0. The molecule has 0 saturated carbocycles. The Balaban J connectivity index is 3.90. The van der Waals surface area contributed by atoms with Crippen LogP contribution < -0.4 is 11.1 Å². The number of carbonyl (C=O) groups is 1. The fourth-order valence-corrected chi connectivity index (χ4v) is 1.54. The minimum absolute atomic E-state index is 0.0317. The molecule has 0 aliphatic heterocycles.